The van der Waals surface area contributed by atoms with Crippen molar-refractivity contribution in [3.05, 3.63) is 0 Å². The Labute approximate surface area is 98.8 Å². The molecule has 1 aliphatic rings. The maximum atomic E-state index is 11.8. The highest BCUT2D eigenvalue weighted by molar-refractivity contribution is 5.78. The van der Waals surface area contributed by atoms with E-state index in [1.165, 1.54) is 0 Å². The molecular formula is C12H25N3O. The van der Waals surface area contributed by atoms with Gasteiger partial charge in [0.25, 0.3) is 0 Å². The summed E-state index contributed by atoms with van der Waals surface area (Å²) in [5.41, 5.74) is 0. The fourth-order valence-corrected chi connectivity index (χ4v) is 2.12. The van der Waals surface area contributed by atoms with Crippen molar-refractivity contribution in [1.82, 2.24) is 15.5 Å². The minimum atomic E-state index is 0.218. The number of nitrogens with zero attached hydrogens (tertiary/aromatic N) is 1. The van der Waals surface area contributed by atoms with E-state index >= 15 is 0 Å². The molecule has 0 aliphatic carbocycles. The molecule has 0 aromatic carbocycles. The summed E-state index contributed by atoms with van der Waals surface area (Å²) in [7, 11) is 4.10. The molecule has 1 heterocycles. The first kappa shape index (κ1) is 13.5. The van der Waals surface area contributed by atoms with Gasteiger partial charge in [-0.15, -0.1) is 0 Å². The van der Waals surface area contributed by atoms with Crippen molar-refractivity contribution in [1.29, 1.82) is 0 Å². The largest absolute Gasteiger partial charge is 0.356 e. The number of nitrogens with one attached hydrogen (secondary N) is 2. The molecule has 2 N–H and O–H groups in total. The summed E-state index contributed by atoms with van der Waals surface area (Å²) in [5.74, 6) is 0.461. The Kier molecular flexibility index (Phi) is 5.77. The van der Waals surface area contributed by atoms with Gasteiger partial charge in [-0.1, -0.05) is 0 Å². The van der Waals surface area contributed by atoms with Crippen LogP contribution in [0.25, 0.3) is 0 Å². The number of amides is 1. The molecule has 0 aromatic heterocycles. The van der Waals surface area contributed by atoms with E-state index < -0.39 is 0 Å². The van der Waals surface area contributed by atoms with Crippen molar-refractivity contribution >= 4 is 5.91 Å². The van der Waals surface area contributed by atoms with Gasteiger partial charge in [0, 0.05) is 18.5 Å². The summed E-state index contributed by atoms with van der Waals surface area (Å²) in [4.78, 5) is 14.0. The molecule has 0 radical (unpaired) electrons. The van der Waals surface area contributed by atoms with Crippen LogP contribution in [0, 0.1) is 5.92 Å². The average Bonchev–Trinajstić information content (AvgIpc) is 2.24. The molecule has 4 heteroatoms. The highest BCUT2D eigenvalue weighted by Gasteiger charge is 2.23. The Morgan fingerprint density at radius 3 is 2.88 bits per heavy atom. The second kappa shape index (κ2) is 6.86. The molecule has 4 nitrogen and oxygen atoms in total. The Balaban J connectivity index is 2.14. The third-order valence-corrected chi connectivity index (χ3v) is 3.08. The molecule has 94 valence electrons. The standard InChI is InChI=1S/C12H25N3O/c1-10-9-11(5-7-13-10)12(16)14-6-4-8-15(2)3/h10-11,13H,4-9H2,1-3H3,(H,14,16). The van der Waals surface area contributed by atoms with E-state index in [4.69, 9.17) is 0 Å². The third-order valence-electron chi connectivity index (χ3n) is 3.08. The number of carbonyl (C=O) groups is 1. The van der Waals surface area contributed by atoms with Crippen LogP contribution in [-0.2, 0) is 4.79 Å². The smallest absolute Gasteiger partial charge is 0.223 e. The first-order valence-corrected chi connectivity index (χ1v) is 6.25. The topological polar surface area (TPSA) is 44.4 Å². The summed E-state index contributed by atoms with van der Waals surface area (Å²) in [6.45, 7) is 4.95. The first-order valence-electron chi connectivity index (χ1n) is 6.25. The lowest BCUT2D eigenvalue weighted by atomic mass is 9.92. The molecule has 1 rings (SSSR count). The summed E-state index contributed by atoms with van der Waals surface area (Å²) in [6.07, 6.45) is 2.97. The lowest BCUT2D eigenvalue weighted by Crippen LogP contribution is -2.42. The molecule has 1 amide bonds. The zero-order valence-corrected chi connectivity index (χ0v) is 10.8. The quantitative estimate of drug-likeness (QED) is 0.670. The van der Waals surface area contributed by atoms with E-state index in [-0.39, 0.29) is 11.8 Å². The summed E-state index contributed by atoms with van der Waals surface area (Å²) >= 11 is 0. The highest BCUT2D eigenvalue weighted by atomic mass is 16.1. The lowest BCUT2D eigenvalue weighted by Gasteiger charge is -2.27. The van der Waals surface area contributed by atoms with Crippen molar-refractivity contribution in [2.75, 3.05) is 33.7 Å². The Morgan fingerprint density at radius 2 is 2.25 bits per heavy atom. The van der Waals surface area contributed by atoms with E-state index in [0.29, 0.717) is 6.04 Å². The van der Waals surface area contributed by atoms with Crippen molar-refractivity contribution < 1.29 is 4.79 Å². The Bertz CT molecular complexity index is 218. The van der Waals surface area contributed by atoms with Gasteiger partial charge in [0.2, 0.25) is 5.91 Å². The van der Waals surface area contributed by atoms with E-state index in [0.717, 1.165) is 38.9 Å². The van der Waals surface area contributed by atoms with Crippen LogP contribution >= 0.6 is 0 Å². The predicted octanol–water partition coefficient (Wildman–Crippen LogP) is 0.442. The van der Waals surface area contributed by atoms with E-state index in [1.807, 2.05) is 0 Å². The van der Waals surface area contributed by atoms with Gasteiger partial charge in [-0.05, 0) is 53.4 Å². The first-order chi connectivity index (χ1) is 7.59. The summed E-state index contributed by atoms with van der Waals surface area (Å²) < 4.78 is 0. The van der Waals surface area contributed by atoms with Crippen LogP contribution in [0.5, 0.6) is 0 Å². The van der Waals surface area contributed by atoms with Gasteiger partial charge in [-0.25, -0.2) is 0 Å². The van der Waals surface area contributed by atoms with Crippen LogP contribution < -0.4 is 10.6 Å². The van der Waals surface area contributed by atoms with Gasteiger partial charge in [-0.3, -0.25) is 4.79 Å². The van der Waals surface area contributed by atoms with E-state index in [1.54, 1.807) is 0 Å². The van der Waals surface area contributed by atoms with Gasteiger partial charge < -0.3 is 15.5 Å². The average molecular weight is 227 g/mol. The van der Waals surface area contributed by atoms with Crippen molar-refractivity contribution in [3.8, 4) is 0 Å². The van der Waals surface area contributed by atoms with Gasteiger partial charge in [-0.2, -0.15) is 0 Å². The molecular weight excluding hydrogens is 202 g/mol. The molecule has 0 saturated carbocycles. The van der Waals surface area contributed by atoms with Gasteiger partial charge in [0.15, 0.2) is 0 Å². The van der Waals surface area contributed by atoms with Crippen molar-refractivity contribution in [2.24, 2.45) is 5.92 Å². The molecule has 1 saturated heterocycles. The van der Waals surface area contributed by atoms with Crippen LogP contribution in [0.3, 0.4) is 0 Å². The van der Waals surface area contributed by atoms with Crippen molar-refractivity contribution in [2.45, 2.75) is 32.2 Å². The molecule has 1 fully saturated rings. The molecule has 0 aromatic rings. The minimum Gasteiger partial charge on any atom is -0.356 e. The number of hydrogen-bond donors (Lipinski definition) is 2. The molecule has 1 aliphatic heterocycles. The summed E-state index contributed by atoms with van der Waals surface area (Å²) in [5, 5.41) is 6.40. The van der Waals surface area contributed by atoms with Crippen LogP contribution in [0.1, 0.15) is 26.2 Å². The summed E-state index contributed by atoms with van der Waals surface area (Å²) in [6, 6.07) is 0.478. The molecule has 2 unspecified atom stereocenters. The number of hydrogen-bond acceptors (Lipinski definition) is 3. The van der Waals surface area contributed by atoms with Crippen LogP contribution in [-0.4, -0.2) is 50.6 Å². The molecule has 0 bridgehead atoms. The van der Waals surface area contributed by atoms with E-state index in [9.17, 15) is 4.79 Å². The second-order valence-corrected chi connectivity index (χ2v) is 5.02. The molecule has 0 spiro atoms. The van der Waals surface area contributed by atoms with Crippen LogP contribution in [0.4, 0.5) is 0 Å². The monoisotopic (exact) mass is 227 g/mol. The molecule has 16 heavy (non-hydrogen) atoms. The molecule has 2 atom stereocenters. The van der Waals surface area contributed by atoms with Crippen LogP contribution in [0.2, 0.25) is 0 Å². The lowest BCUT2D eigenvalue weighted by molar-refractivity contribution is -0.126. The number of piperidine rings is 1. The normalized spacial score (nSPS) is 25.8. The maximum absolute atomic E-state index is 11.8. The fourth-order valence-electron chi connectivity index (χ4n) is 2.12. The maximum Gasteiger partial charge on any atom is 0.223 e. The zero-order valence-electron chi connectivity index (χ0n) is 10.8. The fraction of sp³-hybridized carbons (Fsp3) is 0.917. The van der Waals surface area contributed by atoms with Gasteiger partial charge >= 0.3 is 0 Å². The van der Waals surface area contributed by atoms with Gasteiger partial charge in [0.1, 0.15) is 0 Å². The number of rotatable bonds is 5. The number of carbonyl (C=O) groups excluding carboxylic acids is 1. The second-order valence-electron chi connectivity index (χ2n) is 5.02. The van der Waals surface area contributed by atoms with Crippen LogP contribution in [0.15, 0.2) is 0 Å². The SMILES string of the molecule is CC1CC(C(=O)NCCCN(C)C)CCN1. The Morgan fingerprint density at radius 1 is 1.50 bits per heavy atom. The zero-order chi connectivity index (χ0) is 12.0. The Hall–Kier alpha value is -0.610. The predicted molar refractivity (Wildman–Crippen MR) is 66.4 cm³/mol. The van der Waals surface area contributed by atoms with E-state index in [2.05, 4.69) is 36.6 Å². The highest BCUT2D eigenvalue weighted by Crippen LogP contribution is 2.15. The third kappa shape index (κ3) is 4.94. The van der Waals surface area contributed by atoms with Gasteiger partial charge in [0.05, 0.1) is 0 Å². The van der Waals surface area contributed by atoms with Crippen molar-refractivity contribution in [3.63, 3.8) is 0 Å². The minimum absolute atomic E-state index is 0.218.